The van der Waals surface area contributed by atoms with Gasteiger partial charge < -0.3 is 0 Å². The van der Waals surface area contributed by atoms with Crippen molar-refractivity contribution >= 4 is 11.0 Å². The highest BCUT2D eigenvalue weighted by molar-refractivity contribution is 5.75. The maximum absolute atomic E-state index is 12.9. The Balaban J connectivity index is 1.97. The first-order valence-corrected chi connectivity index (χ1v) is 7.75. The van der Waals surface area contributed by atoms with Crippen LogP contribution < -0.4 is 5.56 Å². The van der Waals surface area contributed by atoms with Crippen molar-refractivity contribution in [3.63, 3.8) is 0 Å². The minimum Gasteiger partial charge on any atom is -0.268 e. The van der Waals surface area contributed by atoms with E-state index in [9.17, 15) is 4.79 Å². The van der Waals surface area contributed by atoms with Crippen LogP contribution in [-0.4, -0.2) is 19.3 Å². The van der Waals surface area contributed by atoms with Gasteiger partial charge in [-0.05, 0) is 38.1 Å². The van der Waals surface area contributed by atoms with Crippen molar-refractivity contribution in [1.29, 1.82) is 0 Å². The predicted octanol–water partition coefficient (Wildman–Crippen LogP) is 3.19. The Morgan fingerprint density at radius 2 is 1.58 bits per heavy atom. The first-order chi connectivity index (χ1) is 11.6. The topological polar surface area (TPSA) is 52.7 Å². The van der Waals surface area contributed by atoms with Crippen LogP contribution in [0, 0.1) is 13.8 Å². The molecule has 2 aromatic heterocycles. The number of rotatable bonds is 2. The molecule has 2 aromatic carbocycles. The standard InChI is InChI=1S/C19H16N4O/c1-13-8-10-15(11-9-13)22-14(2)21-18-17(19(22)24)12-20-23(18)16-6-4-3-5-7-16/h3-12H,1-2H3. The average Bonchev–Trinajstić information content (AvgIpc) is 3.01. The highest BCUT2D eigenvalue weighted by Gasteiger charge is 2.14. The van der Waals surface area contributed by atoms with Crippen LogP contribution >= 0.6 is 0 Å². The second-order valence-corrected chi connectivity index (χ2v) is 5.76. The van der Waals surface area contributed by atoms with E-state index in [4.69, 9.17) is 0 Å². The van der Waals surface area contributed by atoms with Crippen molar-refractivity contribution in [3.05, 3.63) is 82.5 Å². The van der Waals surface area contributed by atoms with E-state index in [0.29, 0.717) is 16.9 Å². The van der Waals surface area contributed by atoms with Gasteiger partial charge in [0.25, 0.3) is 5.56 Å². The fraction of sp³-hybridized carbons (Fsp3) is 0.105. The molecule has 0 N–H and O–H groups in total. The smallest absolute Gasteiger partial charge is 0.268 e. The lowest BCUT2D eigenvalue weighted by Crippen LogP contribution is -2.22. The van der Waals surface area contributed by atoms with Crippen molar-refractivity contribution in [2.45, 2.75) is 13.8 Å². The van der Waals surface area contributed by atoms with Crippen LogP contribution in [0.25, 0.3) is 22.4 Å². The maximum atomic E-state index is 12.9. The van der Waals surface area contributed by atoms with E-state index in [2.05, 4.69) is 10.1 Å². The van der Waals surface area contributed by atoms with Gasteiger partial charge in [-0.1, -0.05) is 35.9 Å². The van der Waals surface area contributed by atoms with Gasteiger partial charge in [0.05, 0.1) is 17.6 Å². The summed E-state index contributed by atoms with van der Waals surface area (Å²) in [6.07, 6.45) is 1.59. The van der Waals surface area contributed by atoms with E-state index >= 15 is 0 Å². The van der Waals surface area contributed by atoms with Gasteiger partial charge in [-0.15, -0.1) is 0 Å². The molecule has 0 saturated heterocycles. The Morgan fingerprint density at radius 3 is 2.29 bits per heavy atom. The molecule has 0 fully saturated rings. The van der Waals surface area contributed by atoms with E-state index < -0.39 is 0 Å². The van der Waals surface area contributed by atoms with Crippen molar-refractivity contribution < 1.29 is 0 Å². The van der Waals surface area contributed by atoms with Gasteiger partial charge in [-0.3, -0.25) is 9.36 Å². The third-order valence-electron chi connectivity index (χ3n) is 4.06. The van der Waals surface area contributed by atoms with E-state index in [1.54, 1.807) is 15.4 Å². The first kappa shape index (κ1) is 14.4. The van der Waals surface area contributed by atoms with Crippen LogP contribution in [0.15, 0.2) is 65.6 Å². The van der Waals surface area contributed by atoms with E-state index in [-0.39, 0.29) is 5.56 Å². The molecule has 0 spiro atoms. The maximum Gasteiger partial charge on any atom is 0.269 e. The summed E-state index contributed by atoms with van der Waals surface area (Å²) >= 11 is 0. The number of hydrogen-bond acceptors (Lipinski definition) is 3. The zero-order valence-electron chi connectivity index (χ0n) is 13.5. The Hall–Kier alpha value is -3.21. The average molecular weight is 316 g/mol. The molecule has 0 atom stereocenters. The molecule has 118 valence electrons. The normalized spacial score (nSPS) is 11.1. The number of aryl methyl sites for hydroxylation is 2. The van der Waals surface area contributed by atoms with Crippen LogP contribution in [-0.2, 0) is 0 Å². The van der Waals surface area contributed by atoms with Crippen molar-refractivity contribution in [1.82, 2.24) is 19.3 Å². The lowest BCUT2D eigenvalue weighted by Gasteiger charge is -2.10. The second kappa shape index (κ2) is 5.45. The van der Waals surface area contributed by atoms with Gasteiger partial charge in [0.1, 0.15) is 11.2 Å². The molecule has 0 bridgehead atoms. The summed E-state index contributed by atoms with van der Waals surface area (Å²) in [4.78, 5) is 17.6. The lowest BCUT2D eigenvalue weighted by molar-refractivity contribution is 0.859. The summed E-state index contributed by atoms with van der Waals surface area (Å²) in [6.45, 7) is 3.85. The molecule has 0 aliphatic heterocycles. The number of benzene rings is 2. The summed E-state index contributed by atoms with van der Waals surface area (Å²) in [5, 5.41) is 4.86. The highest BCUT2D eigenvalue weighted by atomic mass is 16.1. The van der Waals surface area contributed by atoms with E-state index in [1.807, 2.05) is 68.4 Å². The lowest BCUT2D eigenvalue weighted by atomic mass is 10.2. The molecule has 24 heavy (non-hydrogen) atoms. The van der Waals surface area contributed by atoms with Crippen LogP contribution in [0.2, 0.25) is 0 Å². The monoisotopic (exact) mass is 316 g/mol. The molecule has 4 aromatic rings. The van der Waals surface area contributed by atoms with E-state index in [1.165, 1.54) is 0 Å². The number of aromatic nitrogens is 4. The molecule has 4 rings (SSSR count). The summed E-state index contributed by atoms with van der Waals surface area (Å²) in [5.41, 5.74) is 3.31. The van der Waals surface area contributed by atoms with Crippen LogP contribution in [0.5, 0.6) is 0 Å². The van der Waals surface area contributed by atoms with Gasteiger partial charge in [-0.25, -0.2) is 9.67 Å². The zero-order valence-corrected chi connectivity index (χ0v) is 13.5. The molecular formula is C19H16N4O. The van der Waals surface area contributed by atoms with Gasteiger partial charge in [0.2, 0.25) is 0 Å². The fourth-order valence-electron chi connectivity index (χ4n) is 2.83. The molecule has 5 nitrogen and oxygen atoms in total. The zero-order chi connectivity index (χ0) is 16.7. The molecular weight excluding hydrogens is 300 g/mol. The molecule has 0 amide bonds. The van der Waals surface area contributed by atoms with Crippen molar-refractivity contribution in [2.24, 2.45) is 0 Å². The van der Waals surface area contributed by atoms with Gasteiger partial charge in [0, 0.05) is 0 Å². The minimum atomic E-state index is -0.108. The van der Waals surface area contributed by atoms with Gasteiger partial charge >= 0.3 is 0 Å². The first-order valence-electron chi connectivity index (χ1n) is 7.75. The Morgan fingerprint density at radius 1 is 0.875 bits per heavy atom. The number of para-hydroxylation sites is 1. The highest BCUT2D eigenvalue weighted by Crippen LogP contribution is 2.16. The van der Waals surface area contributed by atoms with Gasteiger partial charge in [-0.2, -0.15) is 5.10 Å². The summed E-state index contributed by atoms with van der Waals surface area (Å²) in [6, 6.07) is 17.5. The molecule has 5 heteroatoms. The Bertz CT molecular complexity index is 1080. The van der Waals surface area contributed by atoms with Crippen LogP contribution in [0.1, 0.15) is 11.4 Å². The van der Waals surface area contributed by atoms with Gasteiger partial charge in [0.15, 0.2) is 5.65 Å². The Labute approximate surface area is 138 Å². The fourth-order valence-corrected chi connectivity index (χ4v) is 2.83. The third kappa shape index (κ3) is 2.22. The quantitative estimate of drug-likeness (QED) is 0.571. The minimum absolute atomic E-state index is 0.108. The SMILES string of the molecule is Cc1ccc(-n2c(C)nc3c(cnn3-c3ccccc3)c2=O)cc1. The molecule has 0 unspecified atom stereocenters. The summed E-state index contributed by atoms with van der Waals surface area (Å²) in [5.74, 6) is 0.633. The van der Waals surface area contributed by atoms with Crippen LogP contribution in [0.3, 0.4) is 0 Å². The van der Waals surface area contributed by atoms with Crippen molar-refractivity contribution in [2.75, 3.05) is 0 Å². The number of hydrogen-bond donors (Lipinski definition) is 0. The molecule has 0 aliphatic rings. The van der Waals surface area contributed by atoms with E-state index in [0.717, 1.165) is 16.9 Å². The second-order valence-electron chi connectivity index (χ2n) is 5.76. The third-order valence-corrected chi connectivity index (χ3v) is 4.06. The molecule has 2 heterocycles. The largest absolute Gasteiger partial charge is 0.269 e. The number of fused-ring (bicyclic) bond motifs is 1. The summed E-state index contributed by atoms with van der Waals surface area (Å²) < 4.78 is 3.32. The molecule has 0 saturated carbocycles. The Kier molecular flexibility index (Phi) is 3.27. The molecule has 0 radical (unpaired) electrons. The number of nitrogens with zero attached hydrogens (tertiary/aromatic N) is 4. The van der Waals surface area contributed by atoms with Crippen LogP contribution in [0.4, 0.5) is 0 Å². The molecule has 0 aliphatic carbocycles. The van der Waals surface area contributed by atoms with Crippen molar-refractivity contribution in [3.8, 4) is 11.4 Å². The predicted molar refractivity (Wildman–Crippen MR) is 93.9 cm³/mol. The summed E-state index contributed by atoms with van der Waals surface area (Å²) in [7, 11) is 0.